The summed E-state index contributed by atoms with van der Waals surface area (Å²) in [6, 6.07) is 0. The molecule has 4 heteroatoms. The van der Waals surface area contributed by atoms with Gasteiger partial charge in [-0.05, 0) is 6.92 Å². The van der Waals surface area contributed by atoms with Crippen LogP contribution in [0, 0.1) is 11.8 Å². The first-order valence-electron chi connectivity index (χ1n) is 3.04. The SMILES string of the molecule is COC(=O)OCC#CC(C)O. The van der Waals surface area contributed by atoms with Gasteiger partial charge in [0.15, 0.2) is 6.61 Å². The van der Waals surface area contributed by atoms with Crippen molar-refractivity contribution in [3.63, 3.8) is 0 Å². The zero-order valence-electron chi connectivity index (χ0n) is 6.46. The molecule has 0 aliphatic rings. The first-order chi connectivity index (χ1) is 5.16. The maximum Gasteiger partial charge on any atom is 0.508 e. The minimum atomic E-state index is -0.773. The molecular weight excluding hydrogens is 148 g/mol. The van der Waals surface area contributed by atoms with Crippen LogP contribution in [-0.4, -0.2) is 31.1 Å². The molecule has 0 aromatic carbocycles. The van der Waals surface area contributed by atoms with E-state index in [0.29, 0.717) is 0 Å². The third-order valence-corrected chi connectivity index (χ3v) is 0.740. The van der Waals surface area contributed by atoms with Crippen molar-refractivity contribution in [1.29, 1.82) is 0 Å². The van der Waals surface area contributed by atoms with E-state index in [0.717, 1.165) is 0 Å². The Balaban J connectivity index is 3.43. The Morgan fingerprint density at radius 2 is 2.36 bits per heavy atom. The summed E-state index contributed by atoms with van der Waals surface area (Å²) in [6.45, 7) is 1.46. The molecule has 4 nitrogen and oxygen atoms in total. The van der Waals surface area contributed by atoms with Crippen molar-refractivity contribution in [2.24, 2.45) is 0 Å². The van der Waals surface area contributed by atoms with Crippen molar-refractivity contribution in [2.75, 3.05) is 13.7 Å². The summed E-state index contributed by atoms with van der Waals surface area (Å²) in [5.74, 6) is 4.82. The van der Waals surface area contributed by atoms with Crippen LogP contribution in [0.15, 0.2) is 0 Å². The number of carbonyl (C=O) groups excluding carboxylic acids is 1. The van der Waals surface area contributed by atoms with Gasteiger partial charge in [0, 0.05) is 0 Å². The number of hydrogen-bond donors (Lipinski definition) is 1. The van der Waals surface area contributed by atoms with Gasteiger partial charge < -0.3 is 14.6 Å². The van der Waals surface area contributed by atoms with E-state index >= 15 is 0 Å². The maximum atomic E-state index is 10.3. The molecule has 0 aromatic heterocycles. The first kappa shape index (κ1) is 9.79. The predicted octanol–water partition coefficient (Wildman–Crippen LogP) is 0.154. The van der Waals surface area contributed by atoms with E-state index in [1.165, 1.54) is 14.0 Å². The number of rotatable bonds is 1. The normalized spacial score (nSPS) is 10.8. The fourth-order valence-electron chi connectivity index (χ4n) is 0.343. The molecule has 0 bridgehead atoms. The van der Waals surface area contributed by atoms with Gasteiger partial charge >= 0.3 is 6.16 Å². The Bertz CT molecular complexity index is 175. The second-order valence-corrected chi connectivity index (χ2v) is 1.74. The van der Waals surface area contributed by atoms with Crippen molar-refractivity contribution < 1.29 is 19.4 Å². The van der Waals surface area contributed by atoms with Gasteiger partial charge in [-0.15, -0.1) is 0 Å². The average molecular weight is 158 g/mol. The van der Waals surface area contributed by atoms with Crippen LogP contribution in [0.5, 0.6) is 0 Å². The average Bonchev–Trinajstić information content (AvgIpc) is 1.97. The van der Waals surface area contributed by atoms with Crippen LogP contribution in [0.4, 0.5) is 4.79 Å². The van der Waals surface area contributed by atoms with Gasteiger partial charge in [-0.2, -0.15) is 0 Å². The standard InChI is InChI=1S/C7H10O4/c1-6(8)4-3-5-11-7(9)10-2/h6,8H,5H2,1-2H3. The van der Waals surface area contributed by atoms with Crippen LogP contribution >= 0.6 is 0 Å². The zero-order chi connectivity index (χ0) is 8.69. The molecule has 0 radical (unpaired) electrons. The molecule has 0 aliphatic carbocycles. The molecule has 62 valence electrons. The fourth-order valence-corrected chi connectivity index (χ4v) is 0.343. The summed E-state index contributed by atoms with van der Waals surface area (Å²) in [6.07, 6.45) is -1.47. The molecule has 11 heavy (non-hydrogen) atoms. The Labute approximate surface area is 65.1 Å². The molecule has 0 amide bonds. The monoisotopic (exact) mass is 158 g/mol. The minimum absolute atomic E-state index is 0.0580. The van der Waals surface area contributed by atoms with Gasteiger partial charge in [0.05, 0.1) is 7.11 Å². The van der Waals surface area contributed by atoms with Crippen LogP contribution in [0.1, 0.15) is 6.92 Å². The Morgan fingerprint density at radius 3 is 2.82 bits per heavy atom. The largest absolute Gasteiger partial charge is 0.508 e. The maximum absolute atomic E-state index is 10.3. The van der Waals surface area contributed by atoms with E-state index in [1.807, 2.05) is 0 Å². The molecule has 1 N–H and O–H groups in total. The molecule has 0 fully saturated rings. The smallest absolute Gasteiger partial charge is 0.438 e. The fraction of sp³-hybridized carbons (Fsp3) is 0.571. The topological polar surface area (TPSA) is 55.8 Å². The van der Waals surface area contributed by atoms with Crippen LogP contribution in [0.2, 0.25) is 0 Å². The molecule has 0 saturated carbocycles. The summed E-state index contributed by atoms with van der Waals surface area (Å²) in [5, 5.41) is 8.63. The Hall–Kier alpha value is -1.21. The molecule has 1 atom stereocenters. The summed E-state index contributed by atoms with van der Waals surface area (Å²) >= 11 is 0. The quantitative estimate of drug-likeness (QED) is 0.436. The summed E-state index contributed by atoms with van der Waals surface area (Å²) in [5.41, 5.74) is 0. The summed E-state index contributed by atoms with van der Waals surface area (Å²) in [7, 11) is 1.21. The number of ether oxygens (including phenoxy) is 2. The lowest BCUT2D eigenvalue weighted by Crippen LogP contribution is -2.04. The number of aliphatic hydroxyl groups excluding tert-OH is 1. The molecule has 0 heterocycles. The van der Waals surface area contributed by atoms with Crippen LogP contribution in [0.25, 0.3) is 0 Å². The van der Waals surface area contributed by atoms with Gasteiger partial charge in [-0.25, -0.2) is 4.79 Å². The molecule has 0 aromatic rings. The zero-order valence-corrected chi connectivity index (χ0v) is 6.46. The highest BCUT2D eigenvalue weighted by Crippen LogP contribution is 1.80. The third kappa shape index (κ3) is 6.68. The molecule has 0 spiro atoms. The van der Waals surface area contributed by atoms with Gasteiger partial charge in [0.1, 0.15) is 6.10 Å². The Kier molecular flexibility index (Phi) is 4.95. The van der Waals surface area contributed by atoms with E-state index in [-0.39, 0.29) is 6.61 Å². The molecule has 1 unspecified atom stereocenters. The summed E-state index contributed by atoms with van der Waals surface area (Å²) in [4.78, 5) is 10.3. The Morgan fingerprint density at radius 1 is 1.73 bits per heavy atom. The van der Waals surface area contributed by atoms with Crippen LogP contribution < -0.4 is 0 Å². The summed E-state index contributed by atoms with van der Waals surface area (Å²) < 4.78 is 8.56. The molecule has 0 saturated heterocycles. The highest BCUT2D eigenvalue weighted by Gasteiger charge is 1.95. The van der Waals surface area contributed by atoms with E-state index in [2.05, 4.69) is 21.3 Å². The molecule has 0 rings (SSSR count). The van der Waals surface area contributed by atoms with Crippen molar-refractivity contribution >= 4 is 6.16 Å². The number of hydrogen-bond acceptors (Lipinski definition) is 4. The van der Waals surface area contributed by atoms with E-state index in [9.17, 15) is 4.79 Å². The lowest BCUT2D eigenvalue weighted by molar-refractivity contribution is 0.0831. The van der Waals surface area contributed by atoms with Crippen LogP contribution in [-0.2, 0) is 9.47 Å². The minimum Gasteiger partial charge on any atom is -0.438 e. The molecular formula is C7H10O4. The van der Waals surface area contributed by atoms with E-state index in [4.69, 9.17) is 5.11 Å². The van der Waals surface area contributed by atoms with Crippen LogP contribution in [0.3, 0.4) is 0 Å². The highest BCUT2D eigenvalue weighted by atomic mass is 16.7. The lowest BCUT2D eigenvalue weighted by atomic mass is 10.4. The number of methoxy groups -OCH3 is 1. The van der Waals surface area contributed by atoms with E-state index < -0.39 is 12.3 Å². The second kappa shape index (κ2) is 5.57. The van der Waals surface area contributed by atoms with Gasteiger partial charge in [0.25, 0.3) is 0 Å². The highest BCUT2D eigenvalue weighted by molar-refractivity contribution is 5.59. The van der Waals surface area contributed by atoms with Crippen molar-refractivity contribution in [3.8, 4) is 11.8 Å². The first-order valence-corrected chi connectivity index (χ1v) is 3.04. The number of aliphatic hydroxyl groups is 1. The third-order valence-electron chi connectivity index (χ3n) is 0.740. The lowest BCUT2D eigenvalue weighted by Gasteiger charge is -1.95. The van der Waals surface area contributed by atoms with Gasteiger partial charge in [-0.1, -0.05) is 11.8 Å². The number of carbonyl (C=O) groups is 1. The van der Waals surface area contributed by atoms with Gasteiger partial charge in [-0.3, -0.25) is 0 Å². The van der Waals surface area contributed by atoms with Crippen molar-refractivity contribution in [1.82, 2.24) is 0 Å². The van der Waals surface area contributed by atoms with Gasteiger partial charge in [0.2, 0.25) is 0 Å². The van der Waals surface area contributed by atoms with E-state index in [1.54, 1.807) is 0 Å². The molecule has 0 aliphatic heterocycles. The second-order valence-electron chi connectivity index (χ2n) is 1.74. The predicted molar refractivity (Wildman–Crippen MR) is 37.8 cm³/mol. The van der Waals surface area contributed by atoms with Crippen molar-refractivity contribution in [3.05, 3.63) is 0 Å². The van der Waals surface area contributed by atoms with Crippen molar-refractivity contribution in [2.45, 2.75) is 13.0 Å².